The van der Waals surface area contributed by atoms with Crippen LogP contribution in [0, 0.1) is 18.6 Å². The van der Waals surface area contributed by atoms with Crippen molar-refractivity contribution in [1.29, 1.82) is 0 Å². The number of aliphatic hydroxyl groups excluding tert-OH is 1. The van der Waals surface area contributed by atoms with E-state index in [1.165, 1.54) is 31.2 Å². The van der Waals surface area contributed by atoms with Crippen molar-refractivity contribution < 1.29 is 61.3 Å². The second-order valence-corrected chi connectivity index (χ2v) is 12.4. The molecule has 53 heavy (non-hydrogen) atoms. The Hall–Kier alpha value is -4.23. The fourth-order valence-corrected chi connectivity index (χ4v) is 6.05. The monoisotopic (exact) mass is 769 g/mol. The van der Waals surface area contributed by atoms with Gasteiger partial charge in [-0.3, -0.25) is 4.79 Å². The lowest BCUT2D eigenvalue weighted by molar-refractivity contribution is -0.137. The molecule has 1 N–H and O–H groups in total. The molecule has 2 aliphatic heterocycles. The summed E-state index contributed by atoms with van der Waals surface area (Å²) in [6.07, 6.45) is -15.0. The Bertz CT molecular complexity index is 2720. The van der Waals surface area contributed by atoms with Crippen molar-refractivity contribution in [2.45, 2.75) is 50.2 Å². The fourth-order valence-electron chi connectivity index (χ4n) is 5.25. The third kappa shape index (κ3) is 9.29. The minimum Gasteiger partial charge on any atom is -0.384 e. The summed E-state index contributed by atoms with van der Waals surface area (Å²) in [6, 6.07) is 4.10. The summed E-state index contributed by atoms with van der Waals surface area (Å²) in [5.74, 6) is -4.86. The van der Waals surface area contributed by atoms with E-state index >= 15 is 9.18 Å². The van der Waals surface area contributed by atoms with Gasteiger partial charge in [-0.15, -0.1) is 11.8 Å². The zero-order valence-corrected chi connectivity index (χ0v) is 28.5. The molecule has 0 radical (unpaired) electrons. The SMILES string of the molecule is [2H]C1=C(SC([2H])([2H])c2cccc(F)c2F)N(CC(=O)N(Cc2ccc(-c3ccc(C(F)(F)F)cc3)cc2)C2([2H])C([2H])([2H])C([2H])([2H])N(CCOC([2H])([2H])[2H])C([2H])([2H])C2([2H])[2H])c2c([2H])c([2H])c(C)c([2H])c2C1O. The van der Waals surface area contributed by atoms with Crippen molar-refractivity contribution in [2.75, 3.05) is 44.6 Å². The molecule has 0 bridgehead atoms. The Morgan fingerprint density at radius 2 is 1.79 bits per heavy atom. The number of alkyl halides is 3. The van der Waals surface area contributed by atoms with Gasteiger partial charge in [-0.2, -0.15) is 13.2 Å². The summed E-state index contributed by atoms with van der Waals surface area (Å²) in [6.45, 7) is -11.3. The maximum atomic E-state index is 15.4. The van der Waals surface area contributed by atoms with Crippen LogP contribution in [0.25, 0.3) is 11.1 Å². The van der Waals surface area contributed by atoms with E-state index in [0.29, 0.717) is 11.0 Å². The Balaban J connectivity index is 1.56. The number of fused-ring (bicyclic) bond motifs is 1. The summed E-state index contributed by atoms with van der Waals surface area (Å²) < 4.78 is 232. The smallest absolute Gasteiger partial charge is 0.384 e. The van der Waals surface area contributed by atoms with Crippen LogP contribution in [0.2, 0.25) is 0 Å². The molecule has 0 aliphatic carbocycles. The minimum atomic E-state index is -4.67. The second-order valence-electron chi connectivity index (χ2n) is 11.6. The molecule has 280 valence electrons. The summed E-state index contributed by atoms with van der Waals surface area (Å²) in [7, 11) is -3.13. The predicted octanol–water partition coefficient (Wildman–Crippen LogP) is 8.73. The predicted molar refractivity (Wildman–Crippen MR) is 198 cm³/mol. The van der Waals surface area contributed by atoms with E-state index in [1.807, 2.05) is 0 Å². The Kier molecular flexibility index (Phi) is 6.87. The number of hydrogen-bond acceptors (Lipinski definition) is 6. The van der Waals surface area contributed by atoms with E-state index in [0.717, 1.165) is 36.4 Å². The van der Waals surface area contributed by atoms with Crippen LogP contribution in [-0.4, -0.2) is 66.6 Å². The molecule has 1 atom stereocenters. The molecular weight excluding hydrogens is 710 g/mol. The zero-order valence-electron chi connectivity index (χ0n) is 45.7. The average Bonchev–Trinajstić information content (AvgIpc) is 3.27. The van der Waals surface area contributed by atoms with Crippen LogP contribution in [0.3, 0.4) is 0 Å². The highest BCUT2D eigenvalue weighted by Gasteiger charge is 2.33. The number of methoxy groups -OCH3 is 1. The van der Waals surface area contributed by atoms with Crippen LogP contribution in [0.4, 0.5) is 27.6 Å². The lowest BCUT2D eigenvalue weighted by Gasteiger charge is -2.40. The maximum Gasteiger partial charge on any atom is 0.416 e. The molecule has 6 nitrogen and oxygen atoms in total. The molecule has 1 unspecified atom stereocenters. The number of carbonyl (C=O) groups is 1. The number of ether oxygens (including phenoxy) is 1. The largest absolute Gasteiger partial charge is 0.416 e. The molecule has 1 amide bonds. The number of halogens is 5. The Morgan fingerprint density at radius 1 is 1.09 bits per heavy atom. The normalized spacial score (nSPS) is 26.8. The Labute approximate surface area is 336 Å². The van der Waals surface area contributed by atoms with Crippen LogP contribution in [-0.2, 0) is 28.0 Å². The number of rotatable bonds is 12. The number of piperidine rings is 1. The third-order valence-corrected chi connectivity index (χ3v) is 8.80. The van der Waals surface area contributed by atoms with Gasteiger partial charge in [0.15, 0.2) is 11.6 Å². The highest BCUT2D eigenvalue weighted by atomic mass is 32.2. The fraction of sp³-hybridized carbons (Fsp3) is 0.341. The zero-order chi connectivity index (χ0) is 53.6. The second kappa shape index (κ2) is 16.8. The standard InChI is InChI=1S/C41H42F5N3O3S/c1-27-6-15-36-34(22-27)37(50)23-39(53-26-31-4-3-5-35(42)40(31)43)49(36)25-38(51)48(33-16-18-47(19-17-33)20-21-52-2)24-28-7-9-29(10-8-28)30-11-13-32(14-12-30)41(44,45)46/h3-15,22-23,33,37,50H,16-21,24-26H2,1-2H3/i2D3,6D,15D,16D2,17D2,18D2,19D2,22D,23D,26D2,33D. The van der Waals surface area contributed by atoms with Gasteiger partial charge in [0.25, 0.3) is 0 Å². The first kappa shape index (κ1) is 21.6. The van der Waals surface area contributed by atoms with Gasteiger partial charge in [-0.05, 0) is 66.7 Å². The van der Waals surface area contributed by atoms with Crippen molar-refractivity contribution in [2.24, 2.45) is 0 Å². The van der Waals surface area contributed by atoms with Gasteiger partial charge in [-0.1, -0.05) is 66.2 Å². The molecule has 0 spiro atoms. The number of nitrogens with zero attached hydrogens (tertiary/aromatic N) is 3. The topological polar surface area (TPSA) is 56.3 Å². The molecule has 1 fully saturated rings. The summed E-state index contributed by atoms with van der Waals surface area (Å²) in [5.41, 5.74) is -6.20. The molecule has 4 aromatic rings. The number of likely N-dealkylation sites (tertiary alicyclic amines) is 1. The molecule has 1 saturated heterocycles. The van der Waals surface area contributed by atoms with Gasteiger partial charge in [0.05, 0.1) is 28.2 Å². The maximum absolute atomic E-state index is 15.4. The van der Waals surface area contributed by atoms with Crippen LogP contribution < -0.4 is 4.90 Å². The van der Waals surface area contributed by atoms with E-state index in [1.54, 1.807) is 0 Å². The lowest BCUT2D eigenvalue weighted by atomic mass is 9.99. The van der Waals surface area contributed by atoms with Crippen molar-refractivity contribution in [1.82, 2.24) is 9.80 Å². The summed E-state index contributed by atoms with van der Waals surface area (Å²) >= 11 is -0.118. The first-order valence-corrected chi connectivity index (χ1v) is 16.6. The molecule has 0 aromatic heterocycles. The van der Waals surface area contributed by atoms with Crippen LogP contribution >= 0.6 is 11.8 Å². The van der Waals surface area contributed by atoms with Crippen molar-refractivity contribution in [3.8, 4) is 11.1 Å². The van der Waals surface area contributed by atoms with Crippen molar-refractivity contribution in [3.05, 3.63) is 135 Å². The third-order valence-electron chi connectivity index (χ3n) is 7.94. The van der Waals surface area contributed by atoms with Gasteiger partial charge in [-0.25, -0.2) is 8.78 Å². The summed E-state index contributed by atoms with van der Waals surface area (Å²) in [4.78, 5) is 16.0. The van der Waals surface area contributed by atoms with Gasteiger partial charge in [0, 0.05) is 75.4 Å². The first-order valence-electron chi connectivity index (χ1n) is 24.8. The van der Waals surface area contributed by atoms with E-state index in [2.05, 4.69) is 4.74 Å². The highest BCUT2D eigenvalue weighted by molar-refractivity contribution is 8.02. The van der Waals surface area contributed by atoms with E-state index in [4.69, 9.17) is 17.8 Å². The number of hydrogen-bond donors (Lipinski definition) is 1. The number of benzene rings is 4. The molecular formula is C41H42F5N3O3S. The molecule has 2 aliphatic rings. The lowest BCUT2D eigenvalue weighted by Crippen LogP contribution is -2.50. The highest BCUT2D eigenvalue weighted by Crippen LogP contribution is 2.41. The molecule has 4 aromatic carbocycles. The Morgan fingerprint density at radius 3 is 2.47 bits per heavy atom. The molecule has 2 heterocycles. The average molecular weight is 770 g/mol. The van der Waals surface area contributed by atoms with E-state index in [-0.39, 0.29) is 43.8 Å². The van der Waals surface area contributed by atoms with Crippen molar-refractivity contribution >= 4 is 23.4 Å². The van der Waals surface area contributed by atoms with Gasteiger partial charge < -0.3 is 24.5 Å². The number of anilines is 1. The number of thioether (sulfide) groups is 1. The molecule has 12 heteroatoms. The van der Waals surface area contributed by atoms with Crippen molar-refractivity contribution in [3.63, 3.8) is 0 Å². The van der Waals surface area contributed by atoms with Crippen LogP contribution in [0.15, 0.2) is 95.9 Å². The first-order chi connectivity index (χ1) is 32.4. The summed E-state index contributed by atoms with van der Waals surface area (Å²) in [5, 5.41) is 10.7. The number of aliphatic hydroxyl groups is 1. The molecule has 0 saturated carbocycles. The quantitative estimate of drug-likeness (QED) is 0.146. The van der Waals surface area contributed by atoms with Crippen LogP contribution in [0.1, 0.15) is 71.3 Å². The number of carbonyl (C=O) groups excluding carboxylic acids is 1. The van der Waals surface area contributed by atoms with Crippen LogP contribution in [0.5, 0.6) is 0 Å². The van der Waals surface area contributed by atoms with Gasteiger partial charge in [0.1, 0.15) is 12.6 Å². The molecule has 6 rings (SSSR count). The van der Waals surface area contributed by atoms with Gasteiger partial charge >= 0.3 is 6.18 Å². The number of amides is 1. The van der Waals surface area contributed by atoms with Gasteiger partial charge in [0.2, 0.25) is 5.91 Å². The van der Waals surface area contributed by atoms with E-state index < -0.39 is 152 Å². The minimum absolute atomic E-state index is 0.0416. The van der Waals surface area contributed by atoms with E-state index in [9.17, 15) is 29.5 Å².